The Kier molecular flexibility index (Phi) is 4.23. The lowest BCUT2D eigenvalue weighted by Crippen LogP contribution is -2.27. The molecule has 0 rings (SSSR count). The van der Waals surface area contributed by atoms with Gasteiger partial charge in [-0.05, 0) is 0 Å². The summed E-state index contributed by atoms with van der Waals surface area (Å²) in [7, 11) is 0. The van der Waals surface area contributed by atoms with Crippen molar-refractivity contribution in [1.82, 2.24) is 5.32 Å². The van der Waals surface area contributed by atoms with E-state index >= 15 is 0 Å². The van der Waals surface area contributed by atoms with Crippen LogP contribution in [0.5, 0.6) is 0 Å². The van der Waals surface area contributed by atoms with Gasteiger partial charge in [0.25, 0.3) is 0 Å². The number of hydrogen-bond acceptors (Lipinski definition) is 3. The van der Waals surface area contributed by atoms with E-state index in [4.69, 9.17) is 10.2 Å². The molecule has 10 heavy (non-hydrogen) atoms. The van der Waals surface area contributed by atoms with E-state index in [2.05, 4.69) is 5.32 Å². The Morgan fingerprint density at radius 1 is 1.70 bits per heavy atom. The first-order chi connectivity index (χ1) is 4.66. The fraction of sp³-hybridized carbons (Fsp3) is 0.600. The summed E-state index contributed by atoms with van der Waals surface area (Å²) in [6.07, 6.45) is -0.936. The van der Waals surface area contributed by atoms with Gasteiger partial charge in [-0.2, -0.15) is 0 Å². The average molecular weight is 147 g/mol. The Morgan fingerprint density at radius 2 is 2.30 bits per heavy atom. The highest BCUT2D eigenvalue weighted by molar-refractivity contribution is 5.67. The van der Waals surface area contributed by atoms with Gasteiger partial charge in [0.1, 0.15) is 0 Å². The summed E-state index contributed by atoms with van der Waals surface area (Å²) in [5.41, 5.74) is 0. The number of carboxylic acid groups (broad SMARTS) is 1. The molecule has 5 heteroatoms. The third-order valence-electron chi connectivity index (χ3n) is 0.847. The summed E-state index contributed by atoms with van der Waals surface area (Å²) in [5.74, 6) is -1.08. The molecule has 0 aromatic rings. The summed E-state index contributed by atoms with van der Waals surface area (Å²) in [6, 6.07) is 0. The number of carbonyl (C=O) groups is 2. The van der Waals surface area contributed by atoms with Crippen molar-refractivity contribution < 1.29 is 19.8 Å². The number of hydrogen-bond donors (Lipinski definition) is 3. The number of aliphatic hydroxyl groups excluding tert-OH is 1. The van der Waals surface area contributed by atoms with E-state index in [1.165, 1.54) is 0 Å². The second-order valence-corrected chi connectivity index (χ2v) is 1.78. The van der Waals surface area contributed by atoms with Crippen LogP contribution in [0.1, 0.15) is 6.42 Å². The number of rotatable bonds is 5. The van der Waals surface area contributed by atoms with Crippen LogP contribution in [0.15, 0.2) is 0 Å². The van der Waals surface area contributed by atoms with Crippen LogP contribution in [-0.2, 0) is 9.59 Å². The van der Waals surface area contributed by atoms with Crippen molar-refractivity contribution in [3.63, 3.8) is 0 Å². The fourth-order valence-corrected chi connectivity index (χ4v) is 0.458. The maximum absolute atomic E-state index is 9.90. The van der Waals surface area contributed by atoms with Gasteiger partial charge in [0, 0.05) is 6.54 Å². The predicted molar refractivity (Wildman–Crippen MR) is 32.3 cm³/mol. The molecule has 0 saturated carbocycles. The number of carboxylic acids is 1. The van der Waals surface area contributed by atoms with Crippen molar-refractivity contribution in [1.29, 1.82) is 0 Å². The van der Waals surface area contributed by atoms with Gasteiger partial charge in [0.05, 0.1) is 12.5 Å². The molecule has 1 unspecified atom stereocenters. The van der Waals surface area contributed by atoms with Crippen LogP contribution in [0.3, 0.4) is 0 Å². The molecule has 0 heterocycles. The van der Waals surface area contributed by atoms with Crippen molar-refractivity contribution in [3.8, 4) is 0 Å². The molecule has 0 aliphatic carbocycles. The summed E-state index contributed by atoms with van der Waals surface area (Å²) in [5, 5.41) is 19.0. The van der Waals surface area contributed by atoms with Gasteiger partial charge in [-0.25, -0.2) is 0 Å². The van der Waals surface area contributed by atoms with E-state index in [0.717, 1.165) is 0 Å². The molecule has 0 saturated heterocycles. The van der Waals surface area contributed by atoms with Gasteiger partial charge in [-0.3, -0.25) is 9.59 Å². The molecule has 3 N–H and O–H groups in total. The molecule has 58 valence electrons. The molecular weight excluding hydrogens is 138 g/mol. The Labute approximate surface area is 57.7 Å². The summed E-state index contributed by atoms with van der Waals surface area (Å²) < 4.78 is 0. The molecule has 1 atom stereocenters. The molecule has 0 aromatic heterocycles. The van der Waals surface area contributed by atoms with Gasteiger partial charge in [0.15, 0.2) is 0 Å². The second kappa shape index (κ2) is 4.75. The lowest BCUT2D eigenvalue weighted by molar-refractivity contribution is -0.139. The highest BCUT2D eigenvalue weighted by Crippen LogP contribution is 1.87. The third kappa shape index (κ3) is 5.04. The normalized spacial score (nSPS) is 12.1. The number of aliphatic carboxylic acids is 1. The molecular formula is C5H9NO4. The monoisotopic (exact) mass is 147 g/mol. The van der Waals surface area contributed by atoms with Crippen LogP contribution in [0, 0.1) is 0 Å². The Morgan fingerprint density at radius 3 is 2.70 bits per heavy atom. The first-order valence-corrected chi connectivity index (χ1v) is 2.73. The number of carbonyl (C=O) groups excluding carboxylic acids is 1. The van der Waals surface area contributed by atoms with Crippen LogP contribution >= 0.6 is 0 Å². The van der Waals surface area contributed by atoms with Crippen molar-refractivity contribution in [2.75, 3.05) is 6.54 Å². The maximum atomic E-state index is 9.90. The van der Waals surface area contributed by atoms with Crippen LogP contribution in [0.4, 0.5) is 0 Å². The van der Waals surface area contributed by atoms with Crippen LogP contribution in [0.25, 0.3) is 0 Å². The molecule has 0 aliphatic heterocycles. The van der Waals surface area contributed by atoms with Crippen LogP contribution in [-0.4, -0.2) is 35.2 Å². The van der Waals surface area contributed by atoms with E-state index in [9.17, 15) is 9.59 Å². The Bertz CT molecular complexity index is 125. The van der Waals surface area contributed by atoms with E-state index in [0.29, 0.717) is 6.41 Å². The van der Waals surface area contributed by atoms with Crippen LogP contribution in [0.2, 0.25) is 0 Å². The minimum Gasteiger partial charge on any atom is -0.481 e. The summed E-state index contributed by atoms with van der Waals surface area (Å²) in [4.78, 5) is 19.5. The molecule has 0 bridgehead atoms. The number of nitrogens with one attached hydrogen (secondary N) is 1. The van der Waals surface area contributed by atoms with Gasteiger partial charge < -0.3 is 15.5 Å². The number of amides is 1. The first kappa shape index (κ1) is 8.90. The van der Waals surface area contributed by atoms with E-state index in [1.54, 1.807) is 0 Å². The minimum atomic E-state index is -1.08. The molecule has 1 amide bonds. The van der Waals surface area contributed by atoms with Gasteiger partial charge >= 0.3 is 5.97 Å². The van der Waals surface area contributed by atoms with E-state index in [-0.39, 0.29) is 13.0 Å². The minimum absolute atomic E-state index is 0.0181. The highest BCUT2D eigenvalue weighted by Gasteiger charge is 2.07. The Balaban J connectivity index is 3.33. The van der Waals surface area contributed by atoms with Crippen molar-refractivity contribution in [2.45, 2.75) is 12.5 Å². The smallest absolute Gasteiger partial charge is 0.306 e. The van der Waals surface area contributed by atoms with Crippen LogP contribution < -0.4 is 5.32 Å². The predicted octanol–water partition coefficient (Wildman–Crippen LogP) is -1.43. The second-order valence-electron chi connectivity index (χ2n) is 1.78. The molecule has 0 aliphatic rings. The molecule has 5 nitrogen and oxygen atoms in total. The number of aliphatic hydroxyl groups is 1. The van der Waals surface area contributed by atoms with Gasteiger partial charge in [-0.15, -0.1) is 0 Å². The van der Waals surface area contributed by atoms with E-state index < -0.39 is 12.1 Å². The first-order valence-electron chi connectivity index (χ1n) is 2.73. The largest absolute Gasteiger partial charge is 0.481 e. The summed E-state index contributed by atoms with van der Waals surface area (Å²) >= 11 is 0. The fourth-order valence-electron chi connectivity index (χ4n) is 0.458. The highest BCUT2D eigenvalue weighted by atomic mass is 16.4. The lowest BCUT2D eigenvalue weighted by Gasteiger charge is -2.04. The molecule has 0 fully saturated rings. The molecule has 0 spiro atoms. The van der Waals surface area contributed by atoms with Gasteiger partial charge in [-0.1, -0.05) is 0 Å². The van der Waals surface area contributed by atoms with Crippen molar-refractivity contribution in [2.24, 2.45) is 0 Å². The van der Waals surface area contributed by atoms with Gasteiger partial charge in [0.2, 0.25) is 6.41 Å². The molecule has 0 aromatic carbocycles. The zero-order valence-electron chi connectivity index (χ0n) is 5.28. The third-order valence-corrected chi connectivity index (χ3v) is 0.847. The maximum Gasteiger partial charge on any atom is 0.306 e. The average Bonchev–Trinajstić information content (AvgIpc) is 1.82. The molecule has 0 radical (unpaired) electrons. The quantitative estimate of drug-likeness (QED) is 0.416. The standard InChI is InChI=1S/C5H9NO4/c7-3-6-2-4(8)1-5(9)10/h3-4,8H,1-2H2,(H,6,7)(H,9,10). The van der Waals surface area contributed by atoms with Crippen molar-refractivity contribution in [3.05, 3.63) is 0 Å². The summed E-state index contributed by atoms with van der Waals surface area (Å²) in [6.45, 7) is -0.0181. The zero-order chi connectivity index (χ0) is 7.98. The topological polar surface area (TPSA) is 86.6 Å². The Hall–Kier alpha value is -1.10. The van der Waals surface area contributed by atoms with Crippen molar-refractivity contribution >= 4 is 12.4 Å². The lowest BCUT2D eigenvalue weighted by atomic mass is 10.2. The zero-order valence-corrected chi connectivity index (χ0v) is 5.28. The SMILES string of the molecule is O=CNCC(O)CC(=O)O. The van der Waals surface area contributed by atoms with E-state index in [1.807, 2.05) is 0 Å².